The fourth-order valence-electron chi connectivity index (χ4n) is 0.923. The summed E-state index contributed by atoms with van der Waals surface area (Å²) in [5.74, 6) is 0.386. The summed E-state index contributed by atoms with van der Waals surface area (Å²) in [6, 6.07) is -0.695. The zero-order valence-electron chi connectivity index (χ0n) is 7.11. The lowest BCUT2D eigenvalue weighted by molar-refractivity contribution is -0.122. The molecule has 0 aromatic carbocycles. The quantitative estimate of drug-likeness (QED) is 0.685. The molecule has 0 aromatic heterocycles. The molecule has 0 aromatic rings. The van der Waals surface area contributed by atoms with Crippen LogP contribution in [-0.4, -0.2) is 24.8 Å². The number of carbonyl (C=O) groups is 1. The number of hydrogen-bond acceptors (Lipinski definition) is 1. The van der Waals surface area contributed by atoms with Crippen molar-refractivity contribution >= 4 is 6.03 Å². The first-order valence-electron chi connectivity index (χ1n) is 3.99. The smallest absolute Gasteiger partial charge is 0.335 e. The topological polar surface area (TPSA) is 41.1 Å². The SMILES string of the molecule is CC1CC1NC(=O)NCC(F)(F)F. The molecular weight excluding hydrogens is 185 g/mol. The maximum atomic E-state index is 11.6. The van der Waals surface area contributed by atoms with Crippen LogP contribution in [0.4, 0.5) is 18.0 Å². The van der Waals surface area contributed by atoms with Crippen molar-refractivity contribution in [3.05, 3.63) is 0 Å². The highest BCUT2D eigenvalue weighted by Crippen LogP contribution is 2.28. The summed E-state index contributed by atoms with van der Waals surface area (Å²) < 4.78 is 34.8. The van der Waals surface area contributed by atoms with Crippen molar-refractivity contribution in [3.63, 3.8) is 0 Å². The highest BCUT2D eigenvalue weighted by molar-refractivity contribution is 5.74. The molecule has 76 valence electrons. The molecule has 0 spiro atoms. The predicted octanol–water partition coefficient (Wildman–Crippen LogP) is 1.26. The first-order valence-corrected chi connectivity index (χ1v) is 3.99. The van der Waals surface area contributed by atoms with Gasteiger partial charge in [0, 0.05) is 6.04 Å². The Morgan fingerprint density at radius 3 is 2.46 bits per heavy atom. The third-order valence-corrected chi connectivity index (χ3v) is 1.88. The lowest BCUT2D eigenvalue weighted by atomic mass is 10.5. The fraction of sp³-hybridized carbons (Fsp3) is 0.857. The van der Waals surface area contributed by atoms with E-state index in [0.29, 0.717) is 5.92 Å². The monoisotopic (exact) mass is 196 g/mol. The summed E-state index contributed by atoms with van der Waals surface area (Å²) in [4.78, 5) is 10.8. The van der Waals surface area contributed by atoms with Gasteiger partial charge in [-0.2, -0.15) is 13.2 Å². The van der Waals surface area contributed by atoms with Gasteiger partial charge in [0.1, 0.15) is 6.54 Å². The molecular formula is C7H11F3N2O. The minimum Gasteiger partial charge on any atom is -0.335 e. The number of hydrogen-bond donors (Lipinski definition) is 2. The van der Waals surface area contributed by atoms with E-state index in [4.69, 9.17) is 0 Å². The average Bonchev–Trinajstić information content (AvgIpc) is 2.61. The molecule has 1 saturated carbocycles. The Balaban J connectivity index is 2.11. The van der Waals surface area contributed by atoms with Gasteiger partial charge in [0.15, 0.2) is 0 Å². The molecule has 3 nitrogen and oxygen atoms in total. The number of halogens is 3. The Hall–Kier alpha value is -0.940. The summed E-state index contributed by atoms with van der Waals surface area (Å²) in [5, 5.41) is 4.17. The van der Waals surface area contributed by atoms with Crippen LogP contribution in [0, 0.1) is 5.92 Å². The van der Waals surface area contributed by atoms with Gasteiger partial charge in [-0.15, -0.1) is 0 Å². The van der Waals surface area contributed by atoms with Crippen molar-refractivity contribution in [1.29, 1.82) is 0 Å². The summed E-state index contributed by atoms with van der Waals surface area (Å²) in [6.45, 7) is 0.647. The normalized spacial score (nSPS) is 26.8. The average molecular weight is 196 g/mol. The fourth-order valence-corrected chi connectivity index (χ4v) is 0.923. The molecule has 2 amide bonds. The lowest BCUT2D eigenvalue weighted by Gasteiger charge is -2.08. The highest BCUT2D eigenvalue weighted by Gasteiger charge is 2.34. The molecule has 1 aliphatic rings. The second kappa shape index (κ2) is 3.43. The molecule has 0 aliphatic heterocycles. The first kappa shape index (κ1) is 10.1. The number of rotatable bonds is 2. The van der Waals surface area contributed by atoms with Crippen molar-refractivity contribution in [2.45, 2.75) is 25.6 Å². The Kier molecular flexibility index (Phi) is 2.68. The van der Waals surface area contributed by atoms with E-state index in [2.05, 4.69) is 5.32 Å². The number of alkyl halides is 3. The summed E-state index contributed by atoms with van der Waals surface area (Å²) >= 11 is 0. The number of carbonyl (C=O) groups excluding carboxylic acids is 1. The van der Waals surface area contributed by atoms with E-state index >= 15 is 0 Å². The van der Waals surface area contributed by atoms with Crippen LogP contribution in [0.15, 0.2) is 0 Å². The molecule has 1 rings (SSSR count). The summed E-state index contributed by atoms with van der Waals surface area (Å²) in [7, 11) is 0. The van der Waals surface area contributed by atoms with Gasteiger partial charge in [-0.25, -0.2) is 4.79 Å². The minimum atomic E-state index is -4.34. The molecule has 2 unspecified atom stereocenters. The van der Waals surface area contributed by atoms with Crippen molar-refractivity contribution < 1.29 is 18.0 Å². The van der Waals surface area contributed by atoms with Crippen LogP contribution in [-0.2, 0) is 0 Å². The van der Waals surface area contributed by atoms with E-state index in [1.165, 1.54) is 0 Å². The summed E-state index contributed by atoms with van der Waals surface area (Å²) in [5.41, 5.74) is 0. The molecule has 2 atom stereocenters. The minimum absolute atomic E-state index is 0.0493. The van der Waals surface area contributed by atoms with E-state index in [0.717, 1.165) is 6.42 Å². The van der Waals surface area contributed by atoms with Gasteiger partial charge in [-0.1, -0.05) is 6.92 Å². The standard InChI is InChI=1S/C7H11F3N2O/c1-4-2-5(4)12-6(13)11-3-7(8,9)10/h4-5H,2-3H2,1H3,(H2,11,12,13). The Morgan fingerprint density at radius 1 is 1.54 bits per heavy atom. The second-order valence-electron chi connectivity index (χ2n) is 3.26. The number of amides is 2. The molecule has 1 aliphatic carbocycles. The molecule has 0 radical (unpaired) electrons. The molecule has 2 N–H and O–H groups in total. The Bertz CT molecular complexity index is 204. The zero-order valence-corrected chi connectivity index (χ0v) is 7.11. The van der Waals surface area contributed by atoms with E-state index in [-0.39, 0.29) is 6.04 Å². The predicted molar refractivity (Wildman–Crippen MR) is 40.2 cm³/mol. The maximum absolute atomic E-state index is 11.6. The summed E-state index contributed by atoms with van der Waals surface area (Å²) in [6.07, 6.45) is -3.49. The zero-order chi connectivity index (χ0) is 10.1. The molecule has 0 bridgehead atoms. The van der Waals surface area contributed by atoms with Gasteiger partial charge < -0.3 is 10.6 Å². The molecule has 13 heavy (non-hydrogen) atoms. The molecule has 6 heteroatoms. The van der Waals surface area contributed by atoms with Gasteiger partial charge >= 0.3 is 12.2 Å². The van der Waals surface area contributed by atoms with E-state index in [1.54, 1.807) is 5.32 Å². The van der Waals surface area contributed by atoms with E-state index < -0.39 is 18.8 Å². The second-order valence-corrected chi connectivity index (χ2v) is 3.26. The maximum Gasteiger partial charge on any atom is 0.405 e. The Morgan fingerprint density at radius 2 is 2.08 bits per heavy atom. The van der Waals surface area contributed by atoms with Gasteiger partial charge in [0.2, 0.25) is 0 Å². The van der Waals surface area contributed by atoms with E-state index in [9.17, 15) is 18.0 Å². The van der Waals surface area contributed by atoms with Crippen LogP contribution in [0.3, 0.4) is 0 Å². The number of nitrogens with one attached hydrogen (secondary N) is 2. The van der Waals surface area contributed by atoms with Gasteiger partial charge in [-0.3, -0.25) is 0 Å². The van der Waals surface area contributed by atoms with Crippen LogP contribution in [0.5, 0.6) is 0 Å². The van der Waals surface area contributed by atoms with E-state index in [1.807, 2.05) is 6.92 Å². The molecule has 1 fully saturated rings. The Labute approximate surface area is 73.7 Å². The first-order chi connectivity index (χ1) is 5.88. The van der Waals surface area contributed by atoms with Crippen LogP contribution in [0.1, 0.15) is 13.3 Å². The van der Waals surface area contributed by atoms with Crippen LogP contribution in [0.25, 0.3) is 0 Å². The van der Waals surface area contributed by atoms with Crippen molar-refractivity contribution in [2.24, 2.45) is 5.92 Å². The van der Waals surface area contributed by atoms with Gasteiger partial charge in [0.25, 0.3) is 0 Å². The highest BCUT2D eigenvalue weighted by atomic mass is 19.4. The third-order valence-electron chi connectivity index (χ3n) is 1.88. The van der Waals surface area contributed by atoms with Crippen molar-refractivity contribution in [3.8, 4) is 0 Å². The van der Waals surface area contributed by atoms with Crippen LogP contribution < -0.4 is 10.6 Å². The third kappa shape index (κ3) is 4.00. The van der Waals surface area contributed by atoms with Gasteiger partial charge in [0.05, 0.1) is 0 Å². The van der Waals surface area contributed by atoms with Gasteiger partial charge in [-0.05, 0) is 12.3 Å². The number of urea groups is 1. The molecule has 0 heterocycles. The lowest BCUT2D eigenvalue weighted by Crippen LogP contribution is -2.41. The largest absolute Gasteiger partial charge is 0.405 e. The van der Waals surface area contributed by atoms with Crippen molar-refractivity contribution in [1.82, 2.24) is 10.6 Å². The van der Waals surface area contributed by atoms with Crippen LogP contribution in [0.2, 0.25) is 0 Å². The van der Waals surface area contributed by atoms with Crippen LogP contribution >= 0.6 is 0 Å². The molecule has 0 saturated heterocycles. The van der Waals surface area contributed by atoms with Crippen molar-refractivity contribution in [2.75, 3.05) is 6.54 Å².